The Balaban J connectivity index is 1.68. The fourth-order valence-electron chi connectivity index (χ4n) is 2.04. The van der Waals surface area contributed by atoms with Gasteiger partial charge in [0.05, 0.1) is 12.2 Å². The second-order valence-corrected chi connectivity index (χ2v) is 5.09. The van der Waals surface area contributed by atoms with Crippen molar-refractivity contribution in [3.8, 4) is 11.5 Å². The number of alkyl halides is 1. The smallest absolute Gasteiger partial charge is 0.226 e. The van der Waals surface area contributed by atoms with Crippen LogP contribution in [0.1, 0.15) is 17.8 Å². The minimum absolute atomic E-state index is 0.546. The fourth-order valence-corrected chi connectivity index (χ4v) is 2.17. The summed E-state index contributed by atoms with van der Waals surface area (Å²) in [5.74, 6) is 1.25. The van der Waals surface area contributed by atoms with Gasteiger partial charge in [-0.1, -0.05) is 23.4 Å². The fraction of sp³-hybridized carbons (Fsp3) is 0.267. The highest BCUT2D eigenvalue weighted by atomic mass is 35.5. The van der Waals surface area contributed by atoms with Crippen molar-refractivity contribution in [3.05, 3.63) is 54.2 Å². The average Bonchev–Trinajstić information content (AvgIpc) is 3.16. The summed E-state index contributed by atoms with van der Waals surface area (Å²) in [6.45, 7) is 0.546. The molecular formula is C15H15ClN4O. The molecule has 0 bridgehead atoms. The second kappa shape index (κ2) is 6.54. The summed E-state index contributed by atoms with van der Waals surface area (Å²) in [5.41, 5.74) is 2.73. The maximum absolute atomic E-state index is 5.67. The highest BCUT2D eigenvalue weighted by molar-refractivity contribution is 6.17. The first-order valence-electron chi connectivity index (χ1n) is 6.80. The van der Waals surface area contributed by atoms with Gasteiger partial charge in [0.15, 0.2) is 0 Å². The third kappa shape index (κ3) is 3.49. The molecule has 2 heterocycles. The minimum Gasteiger partial charge on any atom is -0.444 e. The van der Waals surface area contributed by atoms with Crippen LogP contribution in [-0.4, -0.2) is 25.9 Å². The summed E-state index contributed by atoms with van der Waals surface area (Å²) < 4.78 is 7.26. The highest BCUT2D eigenvalue weighted by Gasteiger charge is 2.08. The predicted octanol–water partition coefficient (Wildman–Crippen LogP) is 3.15. The Kier molecular flexibility index (Phi) is 4.31. The minimum atomic E-state index is 0.546. The van der Waals surface area contributed by atoms with E-state index < -0.39 is 0 Å². The molecule has 21 heavy (non-hydrogen) atoms. The molecule has 0 saturated carbocycles. The van der Waals surface area contributed by atoms with Crippen LogP contribution in [-0.2, 0) is 13.0 Å². The molecule has 0 aliphatic heterocycles. The molecule has 0 N–H and O–H groups in total. The molecule has 0 spiro atoms. The number of hydrogen-bond donors (Lipinski definition) is 0. The summed E-state index contributed by atoms with van der Waals surface area (Å²) in [5, 5.41) is 8.20. The van der Waals surface area contributed by atoms with Gasteiger partial charge >= 0.3 is 0 Å². The Labute approximate surface area is 127 Å². The number of nitrogens with zero attached hydrogens (tertiary/aromatic N) is 4. The van der Waals surface area contributed by atoms with Gasteiger partial charge in [0.1, 0.15) is 12.0 Å². The molecular weight excluding hydrogens is 288 g/mol. The maximum atomic E-state index is 5.67. The monoisotopic (exact) mass is 302 g/mol. The third-order valence-corrected chi connectivity index (χ3v) is 3.32. The van der Waals surface area contributed by atoms with Crippen molar-refractivity contribution in [1.29, 1.82) is 0 Å². The first-order valence-corrected chi connectivity index (χ1v) is 7.33. The van der Waals surface area contributed by atoms with Gasteiger partial charge in [-0.15, -0.1) is 16.7 Å². The first kappa shape index (κ1) is 13.8. The van der Waals surface area contributed by atoms with Crippen molar-refractivity contribution in [3.63, 3.8) is 0 Å². The second-order valence-electron chi connectivity index (χ2n) is 4.71. The lowest BCUT2D eigenvalue weighted by Crippen LogP contribution is -2.00. The lowest BCUT2D eigenvalue weighted by Gasteiger charge is -1.95. The van der Waals surface area contributed by atoms with Crippen LogP contribution < -0.4 is 0 Å². The van der Waals surface area contributed by atoms with Crippen LogP contribution in [0, 0.1) is 0 Å². The third-order valence-electron chi connectivity index (χ3n) is 3.05. The zero-order valence-corrected chi connectivity index (χ0v) is 12.2. The van der Waals surface area contributed by atoms with Crippen LogP contribution in [0.2, 0.25) is 0 Å². The lowest BCUT2D eigenvalue weighted by atomic mass is 10.2. The molecule has 0 atom stereocenters. The molecule has 0 fully saturated rings. The van der Waals surface area contributed by atoms with E-state index in [-0.39, 0.29) is 0 Å². The van der Waals surface area contributed by atoms with Gasteiger partial charge in [0.2, 0.25) is 5.89 Å². The molecule has 0 aliphatic rings. The Bertz CT molecular complexity index is 693. The lowest BCUT2D eigenvalue weighted by molar-refractivity contribution is 0.568. The molecule has 5 nitrogen and oxygen atoms in total. The maximum Gasteiger partial charge on any atom is 0.226 e. The van der Waals surface area contributed by atoms with Crippen molar-refractivity contribution < 1.29 is 4.42 Å². The van der Waals surface area contributed by atoms with Crippen LogP contribution in [0.5, 0.6) is 0 Å². The summed E-state index contributed by atoms with van der Waals surface area (Å²) in [7, 11) is 0. The average molecular weight is 303 g/mol. The van der Waals surface area contributed by atoms with Gasteiger partial charge in [0.25, 0.3) is 0 Å². The molecule has 2 aromatic heterocycles. The van der Waals surface area contributed by atoms with Crippen molar-refractivity contribution in [2.24, 2.45) is 0 Å². The van der Waals surface area contributed by atoms with Gasteiger partial charge < -0.3 is 4.42 Å². The summed E-state index contributed by atoms with van der Waals surface area (Å²) >= 11 is 5.67. The van der Waals surface area contributed by atoms with Crippen molar-refractivity contribution in [1.82, 2.24) is 20.0 Å². The molecule has 0 radical (unpaired) electrons. The van der Waals surface area contributed by atoms with E-state index in [4.69, 9.17) is 16.0 Å². The van der Waals surface area contributed by atoms with Gasteiger partial charge in [0, 0.05) is 17.6 Å². The van der Waals surface area contributed by atoms with Crippen LogP contribution in [0.15, 0.2) is 47.2 Å². The van der Waals surface area contributed by atoms with Crippen LogP contribution >= 0.6 is 11.6 Å². The highest BCUT2D eigenvalue weighted by Crippen LogP contribution is 2.18. The molecule has 3 aromatic rings. The molecule has 6 heteroatoms. The van der Waals surface area contributed by atoms with E-state index in [1.165, 1.54) is 0 Å². The Morgan fingerprint density at radius 3 is 2.81 bits per heavy atom. The van der Waals surface area contributed by atoms with Crippen molar-refractivity contribution in [2.45, 2.75) is 19.4 Å². The van der Waals surface area contributed by atoms with E-state index in [2.05, 4.69) is 15.3 Å². The Morgan fingerprint density at radius 2 is 2.00 bits per heavy atom. The number of aromatic nitrogens is 4. The van der Waals surface area contributed by atoms with E-state index in [0.29, 0.717) is 18.3 Å². The zero-order valence-electron chi connectivity index (χ0n) is 11.4. The van der Waals surface area contributed by atoms with E-state index in [1.807, 2.05) is 36.5 Å². The molecule has 0 saturated heterocycles. The molecule has 108 valence electrons. The molecule has 1 aromatic carbocycles. The summed E-state index contributed by atoms with van der Waals surface area (Å²) in [6, 6.07) is 9.81. The number of halogens is 1. The largest absolute Gasteiger partial charge is 0.444 e. The molecule has 0 aliphatic carbocycles. The summed E-state index contributed by atoms with van der Waals surface area (Å²) in [4.78, 5) is 4.47. The quantitative estimate of drug-likeness (QED) is 0.656. The number of rotatable bonds is 6. The van der Waals surface area contributed by atoms with Gasteiger partial charge in [-0.05, 0) is 25.0 Å². The standard InChI is InChI=1S/C15H15ClN4O/c16-8-4-7-13-9-20(19-18-13)10-14-11-21-15(17-14)12-5-2-1-3-6-12/h1-3,5-6,9,11H,4,7-8,10H2. The number of hydrogen-bond acceptors (Lipinski definition) is 4. The van der Waals surface area contributed by atoms with E-state index in [0.717, 1.165) is 29.8 Å². The Hall–Kier alpha value is -2.14. The Morgan fingerprint density at radius 1 is 1.14 bits per heavy atom. The molecule has 3 rings (SSSR count). The number of benzene rings is 1. The van der Waals surface area contributed by atoms with E-state index in [1.54, 1.807) is 10.9 Å². The van der Waals surface area contributed by atoms with E-state index in [9.17, 15) is 0 Å². The zero-order chi connectivity index (χ0) is 14.5. The normalized spacial score (nSPS) is 10.9. The van der Waals surface area contributed by atoms with Crippen LogP contribution in [0.25, 0.3) is 11.5 Å². The van der Waals surface area contributed by atoms with Gasteiger partial charge in [-0.25, -0.2) is 9.67 Å². The van der Waals surface area contributed by atoms with E-state index >= 15 is 0 Å². The van der Waals surface area contributed by atoms with Gasteiger partial charge in [-0.2, -0.15) is 0 Å². The first-order chi connectivity index (χ1) is 10.3. The number of aryl methyl sites for hydroxylation is 1. The van der Waals surface area contributed by atoms with Crippen LogP contribution in [0.3, 0.4) is 0 Å². The predicted molar refractivity (Wildman–Crippen MR) is 80.1 cm³/mol. The van der Waals surface area contributed by atoms with Gasteiger partial charge in [-0.3, -0.25) is 0 Å². The number of oxazole rings is 1. The van der Waals surface area contributed by atoms with Crippen LogP contribution in [0.4, 0.5) is 0 Å². The SMILES string of the molecule is ClCCCc1cn(Cc2coc(-c3ccccc3)n2)nn1. The van der Waals surface area contributed by atoms with Crippen molar-refractivity contribution in [2.75, 3.05) is 5.88 Å². The van der Waals surface area contributed by atoms with Crippen molar-refractivity contribution >= 4 is 11.6 Å². The summed E-state index contributed by atoms with van der Waals surface area (Å²) in [6.07, 6.45) is 5.33. The molecule has 0 unspecified atom stereocenters. The topological polar surface area (TPSA) is 56.7 Å². The molecule has 0 amide bonds.